The Hall–Kier alpha value is -2.80. The lowest BCUT2D eigenvalue weighted by atomic mass is 10.3. The summed E-state index contributed by atoms with van der Waals surface area (Å²) in [6.07, 6.45) is 1.47. The van der Waals surface area contributed by atoms with Gasteiger partial charge in [0.05, 0.1) is 22.7 Å². The molecule has 1 N–H and O–H groups in total. The summed E-state index contributed by atoms with van der Waals surface area (Å²) in [5, 5.41) is 9.05. The number of hydrogen-bond donors (Lipinski definition) is 1. The maximum atomic E-state index is 11.9. The molecular weight excluding hydrogens is 336 g/mol. The number of carboxylic acids is 1. The Morgan fingerprint density at radius 3 is 2.92 bits per heavy atom. The van der Waals surface area contributed by atoms with Gasteiger partial charge in [0.15, 0.2) is 5.58 Å². The monoisotopic (exact) mass is 348 g/mol. The number of oxazole rings is 1. The van der Waals surface area contributed by atoms with Gasteiger partial charge in [0, 0.05) is 18.8 Å². The molecule has 7 nitrogen and oxygen atoms in total. The van der Waals surface area contributed by atoms with Gasteiger partial charge in [0.25, 0.3) is 0 Å². The minimum Gasteiger partial charge on any atom is -0.486 e. The van der Waals surface area contributed by atoms with Gasteiger partial charge in [-0.15, -0.1) is 0 Å². The third-order valence-electron chi connectivity index (χ3n) is 3.37. The molecule has 3 aromatic rings. The summed E-state index contributed by atoms with van der Waals surface area (Å²) in [7, 11) is 0. The number of benzene rings is 1. The number of pyridine rings is 1. The average molecular weight is 349 g/mol. The van der Waals surface area contributed by atoms with Crippen molar-refractivity contribution in [2.45, 2.75) is 19.6 Å². The van der Waals surface area contributed by atoms with Crippen molar-refractivity contribution in [1.82, 2.24) is 9.55 Å². The first-order valence-corrected chi connectivity index (χ1v) is 7.50. The molecule has 1 aromatic carbocycles. The first kappa shape index (κ1) is 16.1. The minimum atomic E-state index is -1.00. The predicted octanol–water partition coefficient (Wildman–Crippen LogP) is 2.70. The first-order chi connectivity index (χ1) is 11.5. The minimum absolute atomic E-state index is 0.00559. The summed E-state index contributed by atoms with van der Waals surface area (Å²) in [6, 6.07) is 8.50. The number of fused-ring (bicyclic) bond motifs is 1. The number of rotatable bonds is 6. The van der Waals surface area contributed by atoms with E-state index in [2.05, 4.69) is 4.98 Å². The SMILES string of the molecule is O=C(O)CCn1c(=O)oc2cc(OCc3ccccn3)c(Cl)cc21. The maximum Gasteiger partial charge on any atom is 0.419 e. The molecule has 0 radical (unpaired) electrons. The quantitative estimate of drug-likeness (QED) is 0.736. The van der Waals surface area contributed by atoms with Gasteiger partial charge in [-0.2, -0.15) is 0 Å². The van der Waals surface area contributed by atoms with Crippen LogP contribution in [0.3, 0.4) is 0 Å². The highest BCUT2D eigenvalue weighted by molar-refractivity contribution is 6.32. The van der Waals surface area contributed by atoms with Crippen LogP contribution in [-0.2, 0) is 17.9 Å². The topological polar surface area (TPSA) is 94.6 Å². The van der Waals surface area contributed by atoms with Crippen molar-refractivity contribution >= 4 is 28.7 Å². The molecule has 0 spiro atoms. The third kappa shape index (κ3) is 3.41. The van der Waals surface area contributed by atoms with Crippen molar-refractivity contribution in [1.29, 1.82) is 0 Å². The maximum absolute atomic E-state index is 11.9. The third-order valence-corrected chi connectivity index (χ3v) is 3.67. The molecule has 0 aliphatic heterocycles. The van der Waals surface area contributed by atoms with Crippen LogP contribution in [0.4, 0.5) is 0 Å². The molecule has 0 atom stereocenters. The normalized spacial score (nSPS) is 10.9. The summed E-state index contributed by atoms with van der Waals surface area (Å²) in [4.78, 5) is 26.7. The van der Waals surface area contributed by atoms with Crippen LogP contribution >= 0.6 is 11.6 Å². The Kier molecular flexibility index (Phi) is 4.52. The second-order valence-electron chi connectivity index (χ2n) is 5.02. The molecule has 0 aliphatic carbocycles. The van der Waals surface area contributed by atoms with Gasteiger partial charge in [-0.05, 0) is 18.2 Å². The fourth-order valence-corrected chi connectivity index (χ4v) is 2.44. The summed E-state index contributed by atoms with van der Waals surface area (Å²) in [6.45, 7) is 0.224. The molecule has 2 heterocycles. The highest BCUT2D eigenvalue weighted by Gasteiger charge is 2.14. The molecular formula is C16H13ClN2O5. The number of carbonyl (C=O) groups is 1. The fraction of sp³-hybridized carbons (Fsp3) is 0.188. The zero-order valence-corrected chi connectivity index (χ0v) is 13.2. The van der Waals surface area contributed by atoms with Crippen LogP contribution in [0.1, 0.15) is 12.1 Å². The second kappa shape index (κ2) is 6.76. The van der Waals surface area contributed by atoms with Gasteiger partial charge in [-0.3, -0.25) is 14.3 Å². The number of nitrogens with zero attached hydrogens (tertiary/aromatic N) is 2. The smallest absolute Gasteiger partial charge is 0.419 e. The highest BCUT2D eigenvalue weighted by Crippen LogP contribution is 2.30. The van der Waals surface area contributed by atoms with Crippen molar-refractivity contribution in [3.63, 3.8) is 0 Å². The van der Waals surface area contributed by atoms with Crippen molar-refractivity contribution in [2.75, 3.05) is 0 Å². The Labute approximate surface area is 141 Å². The Morgan fingerprint density at radius 2 is 2.21 bits per heavy atom. The Morgan fingerprint density at radius 1 is 1.38 bits per heavy atom. The second-order valence-corrected chi connectivity index (χ2v) is 5.43. The summed E-state index contributed by atoms with van der Waals surface area (Å²) < 4.78 is 12.0. The molecule has 0 fully saturated rings. The zero-order chi connectivity index (χ0) is 17.1. The van der Waals surface area contributed by atoms with E-state index < -0.39 is 11.7 Å². The van der Waals surface area contributed by atoms with Crippen LogP contribution in [0.2, 0.25) is 5.02 Å². The van der Waals surface area contributed by atoms with Crippen LogP contribution in [0.15, 0.2) is 45.7 Å². The van der Waals surface area contributed by atoms with E-state index in [0.717, 1.165) is 5.69 Å². The van der Waals surface area contributed by atoms with Gasteiger partial charge in [0.1, 0.15) is 12.4 Å². The van der Waals surface area contributed by atoms with Crippen LogP contribution in [0.5, 0.6) is 5.75 Å². The number of aromatic nitrogens is 2. The molecule has 3 rings (SSSR count). The lowest BCUT2D eigenvalue weighted by Gasteiger charge is -2.08. The largest absolute Gasteiger partial charge is 0.486 e. The standard InChI is InChI=1S/C16H13ClN2O5/c17-11-7-12-14(24-16(22)19(12)6-4-15(20)21)8-13(11)23-9-10-3-1-2-5-18-10/h1-3,5,7-8H,4,6,9H2,(H,20,21). The van der Waals surface area contributed by atoms with Gasteiger partial charge in [-0.1, -0.05) is 17.7 Å². The highest BCUT2D eigenvalue weighted by atomic mass is 35.5. The van der Waals surface area contributed by atoms with Crippen molar-refractivity contribution in [2.24, 2.45) is 0 Å². The fourth-order valence-electron chi connectivity index (χ4n) is 2.23. The number of aryl methyl sites for hydroxylation is 1. The molecule has 24 heavy (non-hydrogen) atoms. The molecule has 0 saturated heterocycles. The summed E-state index contributed by atoms with van der Waals surface area (Å²) >= 11 is 6.19. The van der Waals surface area contributed by atoms with E-state index in [1.165, 1.54) is 16.7 Å². The summed E-state index contributed by atoms with van der Waals surface area (Å²) in [5.41, 5.74) is 1.44. The van der Waals surface area contributed by atoms with Crippen molar-refractivity contribution in [3.05, 3.63) is 57.8 Å². The van der Waals surface area contributed by atoms with Crippen LogP contribution in [0.25, 0.3) is 11.1 Å². The van der Waals surface area contributed by atoms with E-state index in [9.17, 15) is 9.59 Å². The van der Waals surface area contributed by atoms with E-state index in [-0.39, 0.29) is 25.2 Å². The first-order valence-electron chi connectivity index (χ1n) is 7.12. The van der Waals surface area contributed by atoms with Crippen LogP contribution in [0, 0.1) is 0 Å². The molecule has 2 aromatic heterocycles. The van der Waals surface area contributed by atoms with E-state index in [4.69, 9.17) is 25.9 Å². The Bertz CT molecular complexity index is 933. The molecule has 0 saturated carbocycles. The lowest BCUT2D eigenvalue weighted by molar-refractivity contribution is -0.137. The lowest BCUT2D eigenvalue weighted by Crippen LogP contribution is -2.16. The van der Waals surface area contributed by atoms with Gasteiger partial charge in [0.2, 0.25) is 0 Å². The van der Waals surface area contributed by atoms with Crippen LogP contribution in [-0.4, -0.2) is 20.6 Å². The van der Waals surface area contributed by atoms with Crippen LogP contribution < -0.4 is 10.5 Å². The van der Waals surface area contributed by atoms with Gasteiger partial charge in [-0.25, -0.2) is 4.79 Å². The molecule has 0 unspecified atom stereocenters. The summed E-state index contributed by atoms with van der Waals surface area (Å²) in [5.74, 6) is -1.28. The number of hydrogen-bond acceptors (Lipinski definition) is 5. The average Bonchev–Trinajstić information content (AvgIpc) is 2.86. The van der Waals surface area contributed by atoms with Crippen molar-refractivity contribution < 1.29 is 19.1 Å². The Balaban J connectivity index is 1.87. The number of ether oxygens (including phenoxy) is 1. The molecule has 0 aliphatic rings. The van der Waals surface area contributed by atoms with Crippen molar-refractivity contribution in [3.8, 4) is 5.75 Å². The zero-order valence-electron chi connectivity index (χ0n) is 12.4. The number of aliphatic carboxylic acids is 1. The van der Waals surface area contributed by atoms with E-state index in [1.807, 2.05) is 12.1 Å². The predicted molar refractivity (Wildman–Crippen MR) is 86.3 cm³/mol. The van der Waals surface area contributed by atoms with E-state index >= 15 is 0 Å². The molecule has 0 bridgehead atoms. The molecule has 8 heteroatoms. The van der Waals surface area contributed by atoms with Gasteiger partial charge >= 0.3 is 11.7 Å². The number of halogens is 1. The number of carboxylic acid groups (broad SMARTS) is 1. The van der Waals surface area contributed by atoms with E-state index in [0.29, 0.717) is 16.3 Å². The van der Waals surface area contributed by atoms with Gasteiger partial charge < -0.3 is 14.3 Å². The molecule has 124 valence electrons. The molecule has 0 amide bonds. The van der Waals surface area contributed by atoms with E-state index in [1.54, 1.807) is 12.3 Å².